The molecule has 0 fully saturated rings. The van der Waals surface area contributed by atoms with E-state index < -0.39 is 0 Å². The molecule has 2 nitrogen and oxygen atoms in total. The Bertz CT molecular complexity index is 574. The predicted octanol–water partition coefficient (Wildman–Crippen LogP) is 3.84. The van der Waals surface area contributed by atoms with Crippen molar-refractivity contribution in [2.24, 2.45) is 17.8 Å². The summed E-state index contributed by atoms with van der Waals surface area (Å²) in [6.45, 7) is 1.93. The van der Waals surface area contributed by atoms with E-state index in [0.717, 1.165) is 6.42 Å². The van der Waals surface area contributed by atoms with Crippen molar-refractivity contribution in [2.75, 3.05) is 0 Å². The molecule has 0 N–H and O–H groups in total. The highest BCUT2D eigenvalue weighted by molar-refractivity contribution is 5.36. The van der Waals surface area contributed by atoms with Crippen LogP contribution in [0.25, 0.3) is 0 Å². The molecular formula is C18H17O2. The molecule has 2 aliphatic carbocycles. The average Bonchev–Trinajstić information content (AvgIpc) is 2.54. The predicted molar refractivity (Wildman–Crippen MR) is 78.1 cm³/mol. The number of hydrogen-bond acceptors (Lipinski definition) is 2. The van der Waals surface area contributed by atoms with Crippen LogP contribution in [0.4, 0.5) is 0 Å². The zero-order chi connectivity index (χ0) is 13.4. The summed E-state index contributed by atoms with van der Waals surface area (Å²) < 4.78 is 11.5. The summed E-state index contributed by atoms with van der Waals surface area (Å²) >= 11 is 0. The van der Waals surface area contributed by atoms with Crippen molar-refractivity contribution in [3.05, 3.63) is 78.9 Å². The minimum Gasteiger partial charge on any atom is -0.497 e. The Morgan fingerprint density at radius 1 is 0.900 bits per heavy atom. The molecule has 0 bridgehead atoms. The topological polar surface area (TPSA) is 18.5 Å². The Morgan fingerprint density at radius 3 is 2.70 bits per heavy atom. The molecule has 4 atom stereocenters. The van der Waals surface area contributed by atoms with Crippen LogP contribution in [0.15, 0.2) is 72.3 Å². The monoisotopic (exact) mass is 265 g/mol. The molecule has 0 aromatic carbocycles. The van der Waals surface area contributed by atoms with E-state index in [-0.39, 0.29) is 12.0 Å². The fraction of sp³-hybridized carbons (Fsp3) is 0.278. The number of fused-ring (bicyclic) bond motifs is 2. The van der Waals surface area contributed by atoms with Gasteiger partial charge in [-0.2, -0.15) is 0 Å². The Morgan fingerprint density at radius 2 is 1.75 bits per heavy atom. The van der Waals surface area contributed by atoms with Crippen molar-refractivity contribution < 1.29 is 9.47 Å². The summed E-state index contributed by atoms with van der Waals surface area (Å²) in [6, 6.07) is 0. The van der Waals surface area contributed by atoms with Crippen LogP contribution in [-0.2, 0) is 9.47 Å². The van der Waals surface area contributed by atoms with Gasteiger partial charge < -0.3 is 9.47 Å². The van der Waals surface area contributed by atoms with Crippen LogP contribution < -0.4 is 0 Å². The molecule has 20 heavy (non-hydrogen) atoms. The molecule has 1 radical (unpaired) electrons. The molecular weight excluding hydrogens is 248 g/mol. The van der Waals surface area contributed by atoms with Gasteiger partial charge >= 0.3 is 0 Å². The first kappa shape index (κ1) is 11.8. The molecule has 2 heterocycles. The molecule has 0 amide bonds. The highest BCUT2D eigenvalue weighted by Gasteiger charge is 2.38. The number of allylic oxidation sites excluding steroid dienone is 10. The Kier molecular flexibility index (Phi) is 2.87. The summed E-state index contributed by atoms with van der Waals surface area (Å²) in [5, 5.41) is 0. The van der Waals surface area contributed by atoms with Gasteiger partial charge in [-0.15, -0.1) is 0 Å². The van der Waals surface area contributed by atoms with E-state index in [1.54, 1.807) is 0 Å². The van der Waals surface area contributed by atoms with Crippen molar-refractivity contribution in [1.82, 2.24) is 0 Å². The third-order valence-electron chi connectivity index (χ3n) is 4.42. The molecule has 0 spiro atoms. The van der Waals surface area contributed by atoms with Gasteiger partial charge in [0.1, 0.15) is 12.7 Å². The van der Waals surface area contributed by atoms with Crippen molar-refractivity contribution >= 4 is 0 Å². The summed E-state index contributed by atoms with van der Waals surface area (Å²) in [5.74, 6) is 1.12. The second-order valence-electron chi connectivity index (χ2n) is 5.62. The third kappa shape index (κ3) is 1.96. The molecule has 0 saturated heterocycles. The van der Waals surface area contributed by atoms with Gasteiger partial charge in [-0.25, -0.2) is 0 Å². The summed E-state index contributed by atoms with van der Waals surface area (Å²) in [6.07, 6.45) is 22.1. The smallest absolute Gasteiger partial charge is 0.142 e. The molecule has 101 valence electrons. The minimum absolute atomic E-state index is 0.171. The van der Waals surface area contributed by atoms with Gasteiger partial charge in [0, 0.05) is 17.8 Å². The largest absolute Gasteiger partial charge is 0.497 e. The van der Waals surface area contributed by atoms with E-state index in [0.29, 0.717) is 11.8 Å². The van der Waals surface area contributed by atoms with Gasteiger partial charge in [-0.3, -0.25) is 0 Å². The zero-order valence-corrected chi connectivity index (χ0v) is 11.2. The number of rotatable bonds is 1. The van der Waals surface area contributed by atoms with Gasteiger partial charge in [-0.1, -0.05) is 48.6 Å². The van der Waals surface area contributed by atoms with E-state index in [9.17, 15) is 0 Å². The van der Waals surface area contributed by atoms with E-state index in [1.807, 2.05) is 19.1 Å². The molecule has 0 saturated carbocycles. The van der Waals surface area contributed by atoms with Crippen LogP contribution in [-0.4, -0.2) is 6.10 Å². The first-order valence-electron chi connectivity index (χ1n) is 7.16. The van der Waals surface area contributed by atoms with Gasteiger partial charge in [0.2, 0.25) is 0 Å². The Balaban J connectivity index is 1.57. The maximum Gasteiger partial charge on any atom is 0.142 e. The van der Waals surface area contributed by atoms with Gasteiger partial charge in [0.05, 0.1) is 12.5 Å². The molecule has 4 rings (SSSR count). The Hall–Kier alpha value is -1.96. The molecule has 0 aromatic rings. The lowest BCUT2D eigenvalue weighted by atomic mass is 9.75. The summed E-state index contributed by atoms with van der Waals surface area (Å²) in [7, 11) is 0. The zero-order valence-electron chi connectivity index (χ0n) is 11.2. The van der Waals surface area contributed by atoms with Crippen molar-refractivity contribution in [2.45, 2.75) is 12.5 Å². The summed E-state index contributed by atoms with van der Waals surface area (Å²) in [5.41, 5.74) is 2.51. The van der Waals surface area contributed by atoms with Gasteiger partial charge in [-0.05, 0) is 17.6 Å². The fourth-order valence-corrected chi connectivity index (χ4v) is 3.31. The molecule has 2 heteroatoms. The number of ether oxygens (including phenoxy) is 2. The van der Waals surface area contributed by atoms with Crippen LogP contribution >= 0.6 is 0 Å². The van der Waals surface area contributed by atoms with Crippen molar-refractivity contribution in [1.29, 1.82) is 0 Å². The highest BCUT2D eigenvalue weighted by Crippen LogP contribution is 2.40. The normalized spacial score (nSPS) is 37.2. The fourth-order valence-electron chi connectivity index (χ4n) is 3.31. The second-order valence-corrected chi connectivity index (χ2v) is 5.62. The first-order chi connectivity index (χ1) is 9.92. The van der Waals surface area contributed by atoms with Crippen molar-refractivity contribution in [3.8, 4) is 0 Å². The lowest BCUT2D eigenvalue weighted by Crippen LogP contribution is -2.36. The van der Waals surface area contributed by atoms with Crippen LogP contribution in [0, 0.1) is 24.4 Å². The average molecular weight is 265 g/mol. The van der Waals surface area contributed by atoms with Crippen molar-refractivity contribution in [3.63, 3.8) is 0 Å². The van der Waals surface area contributed by atoms with Crippen LogP contribution in [0.1, 0.15) is 6.42 Å². The number of hydrogen-bond donors (Lipinski definition) is 0. The molecule has 4 aliphatic rings. The first-order valence-corrected chi connectivity index (χ1v) is 7.16. The lowest BCUT2D eigenvalue weighted by Gasteiger charge is -2.38. The lowest BCUT2D eigenvalue weighted by molar-refractivity contribution is 0.0296. The van der Waals surface area contributed by atoms with Crippen LogP contribution in [0.3, 0.4) is 0 Å². The molecule has 2 aliphatic heterocycles. The van der Waals surface area contributed by atoms with Crippen LogP contribution in [0.5, 0.6) is 0 Å². The quantitative estimate of drug-likeness (QED) is 0.717. The molecule has 0 aromatic heterocycles. The summed E-state index contributed by atoms with van der Waals surface area (Å²) in [4.78, 5) is 0. The van der Waals surface area contributed by atoms with E-state index in [1.165, 1.54) is 11.1 Å². The van der Waals surface area contributed by atoms with E-state index in [2.05, 4.69) is 48.6 Å². The van der Waals surface area contributed by atoms with Crippen LogP contribution in [0.2, 0.25) is 0 Å². The highest BCUT2D eigenvalue weighted by atomic mass is 16.5. The SMILES string of the molecule is [CH]1OC=C2C=CC=CC2C1C1CC2C=CC=CC2=CO1. The maximum absolute atomic E-state index is 5.99. The van der Waals surface area contributed by atoms with Gasteiger partial charge in [0.25, 0.3) is 0 Å². The molecule has 4 unspecified atom stereocenters. The second kappa shape index (κ2) is 4.86. The minimum atomic E-state index is 0.171. The standard InChI is InChI=1S/C18H17O2/c1-2-6-14-11-20-18(9-13(14)5-1)17-12-19-10-15-7-3-4-8-16(15)17/h1-8,10-13,16-18H,9H2. The van der Waals surface area contributed by atoms with E-state index >= 15 is 0 Å². The third-order valence-corrected chi connectivity index (χ3v) is 4.42. The Labute approximate surface area is 119 Å². The van der Waals surface area contributed by atoms with E-state index in [4.69, 9.17) is 9.47 Å². The maximum atomic E-state index is 5.99. The van der Waals surface area contributed by atoms with Gasteiger partial charge in [0.15, 0.2) is 0 Å².